The molecule has 134 valence electrons. The van der Waals surface area contributed by atoms with Crippen molar-refractivity contribution in [2.45, 2.75) is 13.5 Å². The van der Waals surface area contributed by atoms with E-state index in [9.17, 15) is 0 Å². The van der Waals surface area contributed by atoms with Gasteiger partial charge in [-0.3, -0.25) is 0 Å². The molecule has 0 fully saturated rings. The Morgan fingerprint density at radius 3 is 2.04 bits per heavy atom. The molecule has 0 radical (unpaired) electrons. The van der Waals surface area contributed by atoms with Gasteiger partial charge in [-0.2, -0.15) is 0 Å². The van der Waals surface area contributed by atoms with Crippen LogP contribution in [0.2, 0.25) is 0 Å². The number of nitrogens with zero attached hydrogens (tertiary/aromatic N) is 2. The van der Waals surface area contributed by atoms with E-state index in [1.54, 1.807) is 0 Å². The smallest absolute Gasteiger partial charge is 0.0641 e. The summed E-state index contributed by atoms with van der Waals surface area (Å²) in [5.74, 6) is 0. The van der Waals surface area contributed by atoms with Gasteiger partial charge in [-0.1, -0.05) is 60.7 Å². The molecular formula is C26H20N2. The molecule has 6 rings (SSSR count). The van der Waals surface area contributed by atoms with Gasteiger partial charge in [0.25, 0.3) is 0 Å². The Bertz CT molecular complexity index is 1480. The van der Waals surface area contributed by atoms with Crippen molar-refractivity contribution < 1.29 is 0 Å². The third-order valence-corrected chi connectivity index (χ3v) is 5.90. The molecule has 2 aromatic heterocycles. The summed E-state index contributed by atoms with van der Waals surface area (Å²) < 4.78 is 4.86. The predicted octanol–water partition coefficient (Wildman–Crippen LogP) is 6.91. The van der Waals surface area contributed by atoms with Gasteiger partial charge in [0.15, 0.2) is 0 Å². The zero-order chi connectivity index (χ0) is 18.7. The van der Waals surface area contributed by atoms with Gasteiger partial charge in [-0.25, -0.2) is 0 Å². The maximum absolute atomic E-state index is 2.43. The summed E-state index contributed by atoms with van der Waals surface area (Å²) in [4.78, 5) is 0. The predicted molar refractivity (Wildman–Crippen MR) is 119 cm³/mol. The minimum atomic E-state index is 0.959. The van der Waals surface area contributed by atoms with Crippen molar-refractivity contribution >= 4 is 43.6 Å². The van der Waals surface area contributed by atoms with E-state index in [1.807, 2.05) is 0 Å². The summed E-state index contributed by atoms with van der Waals surface area (Å²) >= 11 is 0. The van der Waals surface area contributed by atoms with Gasteiger partial charge in [0.05, 0.1) is 16.6 Å². The third-order valence-electron chi connectivity index (χ3n) is 5.90. The molecule has 0 unspecified atom stereocenters. The van der Waals surface area contributed by atoms with E-state index in [0.717, 1.165) is 6.54 Å². The molecular weight excluding hydrogens is 340 g/mol. The average molecular weight is 360 g/mol. The van der Waals surface area contributed by atoms with Crippen molar-refractivity contribution in [2.24, 2.45) is 0 Å². The van der Waals surface area contributed by atoms with Crippen molar-refractivity contribution in [1.29, 1.82) is 0 Å². The normalized spacial score (nSPS) is 11.9. The topological polar surface area (TPSA) is 9.86 Å². The first-order valence-electron chi connectivity index (χ1n) is 9.87. The minimum absolute atomic E-state index is 0.959. The summed E-state index contributed by atoms with van der Waals surface area (Å²) in [5.41, 5.74) is 6.36. The summed E-state index contributed by atoms with van der Waals surface area (Å²) in [7, 11) is 0. The summed E-state index contributed by atoms with van der Waals surface area (Å²) in [6, 6.07) is 32.8. The van der Waals surface area contributed by atoms with Crippen LogP contribution in [-0.4, -0.2) is 9.13 Å². The van der Waals surface area contributed by atoms with Crippen molar-refractivity contribution in [2.75, 3.05) is 0 Å². The molecule has 0 aliphatic rings. The van der Waals surface area contributed by atoms with Crippen LogP contribution in [-0.2, 0) is 6.54 Å². The Hall–Kier alpha value is -3.52. The molecule has 2 heterocycles. The van der Waals surface area contributed by atoms with Gasteiger partial charge in [0.1, 0.15) is 0 Å². The quantitative estimate of drug-likeness (QED) is 0.317. The lowest BCUT2D eigenvalue weighted by Gasteiger charge is -2.09. The van der Waals surface area contributed by atoms with Crippen LogP contribution in [0.1, 0.15) is 6.92 Å². The summed E-state index contributed by atoms with van der Waals surface area (Å²) in [6.07, 6.45) is 0. The van der Waals surface area contributed by atoms with Crippen LogP contribution in [0.15, 0.2) is 91.0 Å². The second-order valence-electron chi connectivity index (χ2n) is 7.31. The summed E-state index contributed by atoms with van der Waals surface area (Å²) in [6.45, 7) is 3.18. The van der Waals surface area contributed by atoms with Crippen molar-refractivity contribution in [3.05, 3.63) is 91.0 Å². The zero-order valence-corrected chi connectivity index (χ0v) is 15.8. The Morgan fingerprint density at radius 1 is 0.571 bits per heavy atom. The molecule has 0 saturated heterocycles. The molecule has 0 atom stereocenters. The van der Waals surface area contributed by atoms with Crippen molar-refractivity contribution in [1.82, 2.24) is 9.13 Å². The molecule has 0 bridgehead atoms. The second-order valence-corrected chi connectivity index (χ2v) is 7.31. The van der Waals surface area contributed by atoms with Gasteiger partial charge in [-0.15, -0.1) is 0 Å². The first-order valence-corrected chi connectivity index (χ1v) is 9.87. The molecule has 4 aromatic carbocycles. The Kier molecular flexibility index (Phi) is 3.18. The molecule has 28 heavy (non-hydrogen) atoms. The van der Waals surface area contributed by atoms with Crippen LogP contribution in [0.4, 0.5) is 0 Å². The lowest BCUT2D eigenvalue weighted by atomic mass is 10.1. The van der Waals surface area contributed by atoms with Crippen LogP contribution in [0.5, 0.6) is 0 Å². The maximum atomic E-state index is 2.43. The van der Waals surface area contributed by atoms with E-state index >= 15 is 0 Å². The first kappa shape index (κ1) is 15.5. The number of para-hydroxylation sites is 3. The van der Waals surface area contributed by atoms with E-state index in [4.69, 9.17) is 0 Å². The van der Waals surface area contributed by atoms with E-state index in [1.165, 1.54) is 49.3 Å². The van der Waals surface area contributed by atoms with Crippen LogP contribution < -0.4 is 0 Å². The SMILES string of the molecule is CCn1c2ccccc2c2c1ccc1c3ccccc3n(-c3ccccc3)c12. The van der Waals surface area contributed by atoms with Gasteiger partial charge in [0.2, 0.25) is 0 Å². The fraction of sp³-hybridized carbons (Fsp3) is 0.0769. The fourth-order valence-corrected chi connectivity index (χ4v) is 4.77. The third kappa shape index (κ3) is 1.92. The standard InChI is InChI=1S/C26H20N2/c1-2-27-22-14-8-7-13-21(22)25-24(27)17-16-20-19-12-6-9-15-23(19)28(26(20)25)18-10-4-3-5-11-18/h3-17H,2H2,1H3. The summed E-state index contributed by atoms with van der Waals surface area (Å²) in [5, 5.41) is 5.28. The first-order chi connectivity index (χ1) is 13.9. The number of fused-ring (bicyclic) bond motifs is 7. The van der Waals surface area contributed by atoms with Gasteiger partial charge >= 0.3 is 0 Å². The average Bonchev–Trinajstić information content (AvgIpc) is 3.27. The molecule has 0 N–H and O–H groups in total. The largest absolute Gasteiger partial charge is 0.341 e. The fourth-order valence-electron chi connectivity index (χ4n) is 4.77. The van der Waals surface area contributed by atoms with Gasteiger partial charge < -0.3 is 9.13 Å². The number of rotatable bonds is 2. The van der Waals surface area contributed by atoms with Crippen LogP contribution in [0, 0.1) is 0 Å². The Morgan fingerprint density at radius 2 is 1.25 bits per heavy atom. The molecule has 0 aliphatic heterocycles. The zero-order valence-electron chi connectivity index (χ0n) is 15.8. The van der Waals surface area contributed by atoms with Crippen LogP contribution >= 0.6 is 0 Å². The minimum Gasteiger partial charge on any atom is -0.341 e. The number of aryl methyl sites for hydroxylation is 1. The molecule has 6 aromatic rings. The van der Waals surface area contributed by atoms with Gasteiger partial charge in [-0.05, 0) is 37.3 Å². The highest BCUT2D eigenvalue weighted by molar-refractivity contribution is 6.25. The molecule has 2 nitrogen and oxygen atoms in total. The van der Waals surface area contributed by atoms with E-state index in [-0.39, 0.29) is 0 Å². The van der Waals surface area contributed by atoms with Crippen molar-refractivity contribution in [3.8, 4) is 5.69 Å². The Labute approximate surface area is 163 Å². The highest BCUT2D eigenvalue weighted by atomic mass is 15.0. The molecule has 0 spiro atoms. The lowest BCUT2D eigenvalue weighted by Crippen LogP contribution is -1.94. The Balaban J connectivity index is 1.96. The van der Waals surface area contributed by atoms with E-state index in [0.29, 0.717) is 0 Å². The second kappa shape index (κ2) is 5.74. The maximum Gasteiger partial charge on any atom is 0.0641 e. The monoisotopic (exact) mass is 360 g/mol. The molecule has 0 saturated carbocycles. The molecule has 0 amide bonds. The van der Waals surface area contributed by atoms with E-state index in [2.05, 4.69) is 107 Å². The van der Waals surface area contributed by atoms with E-state index < -0.39 is 0 Å². The van der Waals surface area contributed by atoms with Crippen LogP contribution in [0.3, 0.4) is 0 Å². The van der Waals surface area contributed by atoms with Gasteiger partial charge in [0, 0.05) is 39.3 Å². The van der Waals surface area contributed by atoms with Crippen molar-refractivity contribution in [3.63, 3.8) is 0 Å². The number of hydrogen-bond acceptors (Lipinski definition) is 0. The molecule has 2 heteroatoms. The molecule has 0 aliphatic carbocycles. The number of benzene rings is 4. The highest BCUT2D eigenvalue weighted by Gasteiger charge is 2.18. The highest BCUT2D eigenvalue weighted by Crippen LogP contribution is 2.40. The number of aromatic nitrogens is 2. The van der Waals surface area contributed by atoms with Crippen LogP contribution in [0.25, 0.3) is 49.3 Å². The number of hydrogen-bond donors (Lipinski definition) is 0. The lowest BCUT2D eigenvalue weighted by molar-refractivity contribution is 0.827.